The highest BCUT2D eigenvalue weighted by molar-refractivity contribution is 14.1. The van der Waals surface area contributed by atoms with Gasteiger partial charge in [-0.3, -0.25) is 4.79 Å². The van der Waals surface area contributed by atoms with Crippen molar-refractivity contribution in [3.8, 4) is 0 Å². The molecule has 0 amide bonds. The molecule has 0 saturated carbocycles. The van der Waals surface area contributed by atoms with Crippen molar-refractivity contribution in [2.75, 3.05) is 0 Å². The van der Waals surface area contributed by atoms with Crippen molar-refractivity contribution >= 4 is 45.0 Å². The molecule has 66 valence electrons. The SMILES string of the molecule is O=c1[nH]ncc2c(I)ccc(Cl)c12. The number of benzene rings is 1. The standard InChI is InChI=1S/C8H4ClIN2O/c9-5-1-2-6(10)4-3-11-12-8(13)7(4)5/h1-3H,(H,12,13). The number of halogens is 2. The average molecular weight is 306 g/mol. The Kier molecular flexibility index (Phi) is 2.25. The molecule has 2 rings (SSSR count). The molecule has 1 aromatic carbocycles. The summed E-state index contributed by atoms with van der Waals surface area (Å²) >= 11 is 8.02. The third-order valence-electron chi connectivity index (χ3n) is 1.73. The van der Waals surface area contributed by atoms with Gasteiger partial charge in [0, 0.05) is 8.96 Å². The Morgan fingerprint density at radius 3 is 2.92 bits per heavy atom. The zero-order valence-corrected chi connectivity index (χ0v) is 9.26. The van der Waals surface area contributed by atoms with Crippen molar-refractivity contribution in [1.29, 1.82) is 0 Å². The summed E-state index contributed by atoms with van der Waals surface area (Å²) in [4.78, 5) is 11.3. The van der Waals surface area contributed by atoms with E-state index < -0.39 is 0 Å². The van der Waals surface area contributed by atoms with Crippen LogP contribution in [0.4, 0.5) is 0 Å². The summed E-state index contributed by atoms with van der Waals surface area (Å²) in [6, 6.07) is 3.56. The fourth-order valence-electron chi connectivity index (χ4n) is 1.14. The maximum Gasteiger partial charge on any atom is 0.273 e. The molecular weight excluding hydrogens is 302 g/mol. The van der Waals surface area contributed by atoms with Crippen LogP contribution in [-0.4, -0.2) is 10.2 Å². The second kappa shape index (κ2) is 3.26. The predicted octanol–water partition coefficient (Wildman–Crippen LogP) is 2.18. The minimum Gasteiger partial charge on any atom is -0.267 e. The summed E-state index contributed by atoms with van der Waals surface area (Å²) in [5.41, 5.74) is -0.249. The van der Waals surface area contributed by atoms with E-state index in [9.17, 15) is 4.79 Å². The molecule has 0 aliphatic heterocycles. The van der Waals surface area contributed by atoms with Gasteiger partial charge in [0.25, 0.3) is 5.56 Å². The van der Waals surface area contributed by atoms with Crippen LogP contribution in [0.3, 0.4) is 0 Å². The lowest BCUT2D eigenvalue weighted by molar-refractivity contribution is 1.01. The van der Waals surface area contributed by atoms with Gasteiger partial charge in [-0.25, -0.2) is 5.10 Å². The summed E-state index contributed by atoms with van der Waals surface area (Å²) < 4.78 is 0.968. The van der Waals surface area contributed by atoms with Crippen LogP contribution in [-0.2, 0) is 0 Å². The smallest absolute Gasteiger partial charge is 0.267 e. The van der Waals surface area contributed by atoms with Crippen LogP contribution in [0.5, 0.6) is 0 Å². The second-order valence-electron chi connectivity index (χ2n) is 2.52. The van der Waals surface area contributed by atoms with Crippen molar-refractivity contribution in [3.63, 3.8) is 0 Å². The van der Waals surface area contributed by atoms with E-state index >= 15 is 0 Å². The first-order valence-corrected chi connectivity index (χ1v) is 4.97. The molecule has 1 heterocycles. The molecule has 13 heavy (non-hydrogen) atoms. The molecule has 2 aromatic rings. The highest BCUT2D eigenvalue weighted by atomic mass is 127. The molecule has 0 unspecified atom stereocenters. The van der Waals surface area contributed by atoms with Crippen LogP contribution >= 0.6 is 34.2 Å². The summed E-state index contributed by atoms with van der Waals surface area (Å²) in [6.07, 6.45) is 1.60. The highest BCUT2D eigenvalue weighted by Crippen LogP contribution is 2.23. The summed E-state index contributed by atoms with van der Waals surface area (Å²) in [5, 5.41) is 7.81. The topological polar surface area (TPSA) is 45.8 Å². The van der Waals surface area contributed by atoms with E-state index in [1.54, 1.807) is 12.3 Å². The molecule has 0 spiro atoms. The lowest BCUT2D eigenvalue weighted by Gasteiger charge is -1.99. The number of aromatic amines is 1. The van der Waals surface area contributed by atoms with Gasteiger partial charge in [0.05, 0.1) is 16.6 Å². The Bertz CT molecular complexity index is 523. The first-order valence-electron chi connectivity index (χ1n) is 3.51. The first-order chi connectivity index (χ1) is 6.20. The van der Waals surface area contributed by atoms with Crippen LogP contribution in [0.25, 0.3) is 10.8 Å². The van der Waals surface area contributed by atoms with Crippen LogP contribution in [0.2, 0.25) is 5.02 Å². The van der Waals surface area contributed by atoms with Gasteiger partial charge in [-0.05, 0) is 34.7 Å². The van der Waals surface area contributed by atoms with E-state index in [0.717, 1.165) is 8.96 Å². The number of hydrogen-bond acceptors (Lipinski definition) is 2. The number of nitrogens with one attached hydrogen (secondary N) is 1. The molecule has 1 N–H and O–H groups in total. The Morgan fingerprint density at radius 2 is 2.23 bits per heavy atom. The summed E-state index contributed by atoms with van der Waals surface area (Å²) in [7, 11) is 0. The minimum absolute atomic E-state index is 0.249. The van der Waals surface area contributed by atoms with Gasteiger partial charge in [-0.15, -0.1) is 0 Å². The van der Waals surface area contributed by atoms with Gasteiger partial charge < -0.3 is 0 Å². The molecule has 3 nitrogen and oxygen atoms in total. The van der Waals surface area contributed by atoms with Crippen LogP contribution < -0.4 is 5.56 Å². The van der Waals surface area contributed by atoms with Gasteiger partial charge in [0.15, 0.2) is 0 Å². The van der Waals surface area contributed by atoms with Crippen LogP contribution in [0.15, 0.2) is 23.1 Å². The van der Waals surface area contributed by atoms with E-state index in [-0.39, 0.29) is 5.56 Å². The van der Waals surface area contributed by atoms with Gasteiger partial charge in [0.1, 0.15) is 0 Å². The second-order valence-corrected chi connectivity index (χ2v) is 4.09. The first kappa shape index (κ1) is 8.96. The van der Waals surface area contributed by atoms with Crippen molar-refractivity contribution < 1.29 is 0 Å². The van der Waals surface area contributed by atoms with Crippen molar-refractivity contribution in [3.05, 3.63) is 37.3 Å². The quantitative estimate of drug-likeness (QED) is 0.758. The lowest BCUT2D eigenvalue weighted by atomic mass is 10.2. The fraction of sp³-hybridized carbons (Fsp3) is 0. The molecule has 0 radical (unpaired) electrons. The number of aromatic nitrogens is 2. The number of fused-ring (bicyclic) bond motifs is 1. The van der Waals surface area contributed by atoms with Crippen LogP contribution in [0, 0.1) is 3.57 Å². The van der Waals surface area contributed by atoms with E-state index in [0.29, 0.717) is 10.4 Å². The van der Waals surface area contributed by atoms with Gasteiger partial charge in [0.2, 0.25) is 0 Å². The minimum atomic E-state index is -0.249. The monoisotopic (exact) mass is 306 g/mol. The molecular formula is C8H4ClIN2O. The van der Waals surface area contributed by atoms with Crippen molar-refractivity contribution in [1.82, 2.24) is 10.2 Å². The predicted molar refractivity (Wildman–Crippen MR) is 60.1 cm³/mol. The number of rotatable bonds is 0. The van der Waals surface area contributed by atoms with Gasteiger partial charge >= 0.3 is 0 Å². The third kappa shape index (κ3) is 1.44. The maximum atomic E-state index is 11.3. The van der Waals surface area contributed by atoms with Gasteiger partial charge in [-0.1, -0.05) is 11.6 Å². The Balaban J connectivity index is 3.09. The van der Waals surface area contributed by atoms with E-state index in [4.69, 9.17) is 11.6 Å². The normalized spacial score (nSPS) is 10.6. The molecule has 0 atom stereocenters. The number of nitrogens with zero attached hydrogens (tertiary/aromatic N) is 1. The molecule has 0 aliphatic carbocycles. The zero-order valence-electron chi connectivity index (χ0n) is 6.34. The molecule has 0 aliphatic rings. The molecule has 0 fully saturated rings. The fourth-order valence-corrected chi connectivity index (χ4v) is 1.98. The number of hydrogen-bond donors (Lipinski definition) is 1. The summed E-state index contributed by atoms with van der Waals surface area (Å²) in [5.74, 6) is 0. The highest BCUT2D eigenvalue weighted by Gasteiger charge is 2.05. The Hall–Kier alpha value is -0.620. The molecule has 0 saturated heterocycles. The molecule has 0 bridgehead atoms. The zero-order chi connectivity index (χ0) is 9.42. The van der Waals surface area contributed by atoms with E-state index in [1.807, 2.05) is 6.07 Å². The molecule has 1 aromatic heterocycles. The largest absolute Gasteiger partial charge is 0.273 e. The van der Waals surface area contributed by atoms with E-state index in [2.05, 4.69) is 32.8 Å². The summed E-state index contributed by atoms with van der Waals surface area (Å²) in [6.45, 7) is 0. The van der Waals surface area contributed by atoms with Crippen molar-refractivity contribution in [2.45, 2.75) is 0 Å². The molecule has 5 heteroatoms. The van der Waals surface area contributed by atoms with Crippen molar-refractivity contribution in [2.24, 2.45) is 0 Å². The third-order valence-corrected chi connectivity index (χ3v) is 2.98. The number of H-pyrrole nitrogens is 1. The maximum absolute atomic E-state index is 11.3. The average Bonchev–Trinajstić information content (AvgIpc) is 2.12. The lowest BCUT2D eigenvalue weighted by Crippen LogP contribution is -2.08. The van der Waals surface area contributed by atoms with Gasteiger partial charge in [-0.2, -0.15) is 5.10 Å². The Labute approximate surface area is 92.2 Å². The van der Waals surface area contributed by atoms with Crippen LogP contribution in [0.1, 0.15) is 0 Å². The van der Waals surface area contributed by atoms with E-state index in [1.165, 1.54) is 0 Å². The Morgan fingerprint density at radius 1 is 1.46 bits per heavy atom.